The Bertz CT molecular complexity index is 1090. The van der Waals surface area contributed by atoms with Gasteiger partial charge in [0.1, 0.15) is 0 Å². The zero-order valence-electron chi connectivity index (χ0n) is 30.9. The van der Waals surface area contributed by atoms with E-state index in [0.29, 0.717) is 26.0 Å². The number of imide groups is 1. The molecule has 0 bridgehead atoms. The summed E-state index contributed by atoms with van der Waals surface area (Å²) in [7, 11) is 0. The number of rotatable bonds is 20. The van der Waals surface area contributed by atoms with Crippen molar-refractivity contribution in [3.05, 3.63) is 0 Å². The second-order valence-electron chi connectivity index (χ2n) is 15.5. The highest BCUT2D eigenvalue weighted by Crippen LogP contribution is 2.33. The van der Waals surface area contributed by atoms with Gasteiger partial charge < -0.3 is 14.8 Å². The van der Waals surface area contributed by atoms with Gasteiger partial charge in [0.15, 0.2) is 11.8 Å². The SMILES string of the molecule is CCCCCCCCCCCCOC(=O)C1CCC(Cl)C(NC(=O)C(C(=O)C(C)(C)C)N2C(=O)C(OCC)N(CC3CCCCC3)C2=O)C1. The van der Waals surface area contributed by atoms with E-state index in [1.807, 2.05) is 0 Å². The highest BCUT2D eigenvalue weighted by molar-refractivity contribution is 6.21. The molecule has 49 heavy (non-hydrogen) atoms. The Kier molecular flexibility index (Phi) is 17.3. The third-order valence-electron chi connectivity index (χ3n) is 10.4. The second-order valence-corrected chi connectivity index (χ2v) is 16.0. The van der Waals surface area contributed by atoms with Crippen LogP contribution in [0.4, 0.5) is 4.79 Å². The molecule has 2 saturated carbocycles. The lowest BCUT2D eigenvalue weighted by Crippen LogP contribution is -2.60. The predicted molar refractivity (Wildman–Crippen MR) is 191 cm³/mol. The number of nitrogens with one attached hydrogen (secondary N) is 1. The number of carbonyl (C=O) groups is 5. The van der Waals surface area contributed by atoms with Gasteiger partial charge in [0.25, 0.3) is 11.8 Å². The molecule has 1 saturated heterocycles. The lowest BCUT2D eigenvalue weighted by Gasteiger charge is -2.35. The molecule has 3 aliphatic rings. The summed E-state index contributed by atoms with van der Waals surface area (Å²) in [6, 6.07) is -3.01. The Balaban J connectivity index is 1.61. The quantitative estimate of drug-likeness (QED) is 0.0456. The van der Waals surface area contributed by atoms with Crippen LogP contribution in [0.3, 0.4) is 0 Å². The summed E-state index contributed by atoms with van der Waals surface area (Å²) in [4.78, 5) is 70.8. The summed E-state index contributed by atoms with van der Waals surface area (Å²) < 4.78 is 11.4. The number of hydrogen-bond donors (Lipinski definition) is 1. The minimum absolute atomic E-state index is 0.190. The topological polar surface area (TPSA) is 122 Å². The molecule has 3 fully saturated rings. The molecule has 1 N–H and O–H groups in total. The summed E-state index contributed by atoms with van der Waals surface area (Å²) in [5.41, 5.74) is -1.03. The van der Waals surface area contributed by atoms with Crippen LogP contribution in [0, 0.1) is 17.3 Å². The number of nitrogens with zero attached hydrogens (tertiary/aromatic N) is 2. The fourth-order valence-corrected chi connectivity index (χ4v) is 7.66. The van der Waals surface area contributed by atoms with Crippen LogP contribution >= 0.6 is 11.6 Å². The van der Waals surface area contributed by atoms with E-state index in [2.05, 4.69) is 12.2 Å². The average molecular weight is 710 g/mol. The van der Waals surface area contributed by atoms with E-state index in [4.69, 9.17) is 21.1 Å². The number of ketones is 1. The minimum atomic E-state index is -1.69. The Hall–Kier alpha value is -2.20. The van der Waals surface area contributed by atoms with E-state index in [-0.39, 0.29) is 24.9 Å². The number of unbranched alkanes of at least 4 members (excludes halogenated alkanes) is 9. The lowest BCUT2D eigenvalue weighted by molar-refractivity contribution is -0.152. The van der Waals surface area contributed by atoms with Crippen LogP contribution in [0.1, 0.15) is 150 Å². The van der Waals surface area contributed by atoms with Gasteiger partial charge >= 0.3 is 12.0 Å². The Morgan fingerprint density at radius 3 is 2.08 bits per heavy atom. The van der Waals surface area contributed by atoms with E-state index >= 15 is 0 Å². The Morgan fingerprint density at radius 2 is 1.49 bits per heavy atom. The number of alkyl halides is 1. The van der Waals surface area contributed by atoms with Crippen molar-refractivity contribution in [1.82, 2.24) is 15.1 Å². The number of urea groups is 1. The molecule has 0 aromatic heterocycles. The third-order valence-corrected chi connectivity index (χ3v) is 10.9. The summed E-state index contributed by atoms with van der Waals surface area (Å²) >= 11 is 6.68. The number of Topliss-reactive ketones (excluding diaryl/α,β-unsaturated/α-hetero) is 1. The molecule has 1 aliphatic heterocycles. The Morgan fingerprint density at radius 1 is 0.878 bits per heavy atom. The largest absolute Gasteiger partial charge is 0.465 e. The summed E-state index contributed by atoms with van der Waals surface area (Å²) in [5.74, 6) is -2.56. The molecule has 1 heterocycles. The van der Waals surface area contributed by atoms with Crippen LogP contribution < -0.4 is 5.32 Å². The molecule has 0 spiro atoms. The van der Waals surface area contributed by atoms with E-state index in [1.54, 1.807) is 27.7 Å². The van der Waals surface area contributed by atoms with Crippen molar-refractivity contribution >= 4 is 41.2 Å². The zero-order valence-corrected chi connectivity index (χ0v) is 31.7. The van der Waals surface area contributed by atoms with Gasteiger partial charge in [-0.3, -0.25) is 24.1 Å². The molecule has 0 radical (unpaired) electrons. The monoisotopic (exact) mass is 709 g/mol. The molecule has 3 rings (SSSR count). The smallest absolute Gasteiger partial charge is 0.330 e. The van der Waals surface area contributed by atoms with Crippen LogP contribution in [0.25, 0.3) is 0 Å². The molecule has 4 amide bonds. The standard InChI is InChI=1S/C38H64ClN3O7/c1-6-8-9-10-11-12-13-14-15-19-24-49-36(46)28-22-23-29(39)30(25-28)40-33(44)31(32(43)38(3,4)5)42-34(45)35(48-7-2)41(37(42)47)26-27-20-17-16-18-21-27/h27-31,35H,6-26H2,1-5H3,(H,40,44). The minimum Gasteiger partial charge on any atom is -0.465 e. The van der Waals surface area contributed by atoms with Crippen molar-refractivity contribution in [2.24, 2.45) is 17.3 Å². The maximum Gasteiger partial charge on any atom is 0.330 e. The summed E-state index contributed by atoms with van der Waals surface area (Å²) in [6.45, 7) is 9.84. The van der Waals surface area contributed by atoms with Crippen LogP contribution in [-0.2, 0) is 28.7 Å². The van der Waals surface area contributed by atoms with Gasteiger partial charge in [0, 0.05) is 24.6 Å². The van der Waals surface area contributed by atoms with Gasteiger partial charge in [0.05, 0.1) is 17.9 Å². The van der Waals surface area contributed by atoms with Crippen molar-refractivity contribution in [2.45, 2.75) is 174 Å². The molecule has 10 nitrogen and oxygen atoms in total. The summed E-state index contributed by atoms with van der Waals surface area (Å²) in [6.07, 6.45) is 17.2. The Labute approximate surface area is 300 Å². The van der Waals surface area contributed by atoms with E-state index < -0.39 is 58.7 Å². The first-order valence-corrected chi connectivity index (χ1v) is 19.7. The summed E-state index contributed by atoms with van der Waals surface area (Å²) in [5, 5.41) is 2.39. The molecule has 280 valence electrons. The highest BCUT2D eigenvalue weighted by atomic mass is 35.5. The second kappa shape index (κ2) is 20.6. The van der Waals surface area contributed by atoms with Crippen LogP contribution in [0.2, 0.25) is 0 Å². The molecule has 2 aliphatic carbocycles. The molecule has 0 aromatic carbocycles. The van der Waals surface area contributed by atoms with Crippen molar-refractivity contribution in [3.8, 4) is 0 Å². The predicted octanol–water partition coefficient (Wildman–Crippen LogP) is 7.53. The van der Waals surface area contributed by atoms with E-state index in [9.17, 15) is 24.0 Å². The maximum absolute atomic E-state index is 14.0. The molecule has 0 aromatic rings. The average Bonchev–Trinajstić information content (AvgIpc) is 3.28. The van der Waals surface area contributed by atoms with Gasteiger partial charge in [0.2, 0.25) is 6.23 Å². The van der Waals surface area contributed by atoms with Crippen molar-refractivity contribution < 1.29 is 33.4 Å². The van der Waals surface area contributed by atoms with E-state index in [1.165, 1.54) is 49.8 Å². The molecule has 11 heteroatoms. The zero-order chi connectivity index (χ0) is 36.0. The normalized spacial score (nSPS) is 24.3. The third kappa shape index (κ3) is 12.2. The van der Waals surface area contributed by atoms with Gasteiger partial charge in [-0.15, -0.1) is 11.6 Å². The van der Waals surface area contributed by atoms with Gasteiger partial charge in [-0.05, 0) is 51.4 Å². The number of esters is 1. The van der Waals surface area contributed by atoms with Crippen molar-refractivity contribution in [1.29, 1.82) is 0 Å². The first-order valence-electron chi connectivity index (χ1n) is 19.3. The maximum atomic E-state index is 14.0. The lowest BCUT2D eigenvalue weighted by atomic mass is 9.83. The fourth-order valence-electron chi connectivity index (χ4n) is 7.37. The number of ether oxygens (including phenoxy) is 2. The number of carbonyl (C=O) groups excluding carboxylic acids is 5. The van der Waals surface area contributed by atoms with Crippen LogP contribution in [0.15, 0.2) is 0 Å². The first kappa shape index (κ1) is 41.2. The number of hydrogen-bond acceptors (Lipinski definition) is 7. The van der Waals surface area contributed by atoms with Crippen molar-refractivity contribution in [3.63, 3.8) is 0 Å². The molecule has 5 atom stereocenters. The van der Waals surface area contributed by atoms with Gasteiger partial charge in [-0.1, -0.05) is 105 Å². The van der Waals surface area contributed by atoms with E-state index in [0.717, 1.165) is 56.3 Å². The number of amides is 4. The molecule has 5 unspecified atom stereocenters. The van der Waals surface area contributed by atoms with Gasteiger partial charge in [-0.2, -0.15) is 0 Å². The molecular formula is C38H64ClN3O7. The fraction of sp³-hybridized carbons (Fsp3) is 0.868. The number of halogens is 1. The van der Waals surface area contributed by atoms with Crippen LogP contribution in [0.5, 0.6) is 0 Å². The van der Waals surface area contributed by atoms with Crippen LogP contribution in [-0.4, -0.2) is 82.8 Å². The van der Waals surface area contributed by atoms with Gasteiger partial charge in [-0.25, -0.2) is 9.69 Å². The highest BCUT2D eigenvalue weighted by Gasteiger charge is 2.54. The first-order chi connectivity index (χ1) is 23.4. The molecular weight excluding hydrogens is 646 g/mol. The van der Waals surface area contributed by atoms with Crippen molar-refractivity contribution in [2.75, 3.05) is 19.8 Å².